The molecular weight excluding hydrogens is 433 g/mol. The van der Waals surface area contributed by atoms with Crippen LogP contribution < -0.4 is 10.7 Å². The summed E-state index contributed by atoms with van der Waals surface area (Å²) in [7, 11) is 0. The second-order valence-electron chi connectivity index (χ2n) is 6.93. The molecule has 3 aromatic rings. The van der Waals surface area contributed by atoms with Gasteiger partial charge in [-0.2, -0.15) is 5.10 Å². The van der Waals surface area contributed by atoms with E-state index in [-0.39, 0.29) is 18.2 Å². The summed E-state index contributed by atoms with van der Waals surface area (Å²) in [6.07, 6.45) is 0.0157. The number of hydrazone groups is 1. The lowest BCUT2D eigenvalue weighted by Gasteiger charge is -2.16. The van der Waals surface area contributed by atoms with Crippen molar-refractivity contribution in [3.63, 3.8) is 0 Å². The fourth-order valence-corrected chi connectivity index (χ4v) is 3.35. The van der Waals surface area contributed by atoms with Crippen LogP contribution in [0.2, 0.25) is 10.0 Å². The summed E-state index contributed by atoms with van der Waals surface area (Å²) in [6, 6.07) is 23.8. The molecule has 5 nitrogen and oxygen atoms in total. The number of halogens is 2. The van der Waals surface area contributed by atoms with Crippen LogP contribution in [0.5, 0.6) is 0 Å². The van der Waals surface area contributed by atoms with Crippen LogP contribution >= 0.6 is 23.2 Å². The lowest BCUT2D eigenvalue weighted by Crippen LogP contribution is -2.27. The number of carbonyl (C=O) groups excluding carboxylic acids is 2. The summed E-state index contributed by atoms with van der Waals surface area (Å²) in [5, 5.41) is 7.61. The predicted molar refractivity (Wildman–Crippen MR) is 126 cm³/mol. The van der Waals surface area contributed by atoms with Gasteiger partial charge < -0.3 is 5.32 Å². The van der Waals surface area contributed by atoms with Gasteiger partial charge in [0.1, 0.15) is 0 Å². The van der Waals surface area contributed by atoms with Crippen LogP contribution in [0.1, 0.15) is 30.4 Å². The van der Waals surface area contributed by atoms with E-state index in [2.05, 4.69) is 15.8 Å². The molecule has 0 spiro atoms. The molecule has 0 aromatic heterocycles. The lowest BCUT2D eigenvalue weighted by molar-refractivity contribution is -0.121. The van der Waals surface area contributed by atoms with Gasteiger partial charge in [-0.15, -0.1) is 0 Å². The van der Waals surface area contributed by atoms with Gasteiger partial charge in [-0.25, -0.2) is 5.43 Å². The molecule has 3 rings (SSSR count). The van der Waals surface area contributed by atoms with Crippen LogP contribution in [0.25, 0.3) is 0 Å². The van der Waals surface area contributed by atoms with Gasteiger partial charge >= 0.3 is 0 Å². The molecule has 0 saturated heterocycles. The summed E-state index contributed by atoms with van der Waals surface area (Å²) < 4.78 is 0. The van der Waals surface area contributed by atoms with Crippen molar-refractivity contribution in [2.75, 3.05) is 5.32 Å². The number of anilines is 1. The summed E-state index contributed by atoms with van der Waals surface area (Å²) in [5.41, 5.74) is 5.31. The average molecular weight is 454 g/mol. The van der Waals surface area contributed by atoms with Gasteiger partial charge in [-0.05, 0) is 36.2 Å². The van der Waals surface area contributed by atoms with Gasteiger partial charge in [0, 0.05) is 11.4 Å². The molecular formula is C24H21Cl2N3O2. The van der Waals surface area contributed by atoms with Gasteiger partial charge in [0.2, 0.25) is 5.91 Å². The Morgan fingerprint density at radius 1 is 0.871 bits per heavy atom. The largest absolute Gasteiger partial charge is 0.326 e. The second-order valence-corrected chi connectivity index (χ2v) is 7.75. The van der Waals surface area contributed by atoms with Crippen molar-refractivity contribution in [3.05, 3.63) is 100 Å². The van der Waals surface area contributed by atoms with E-state index >= 15 is 0 Å². The van der Waals surface area contributed by atoms with Crippen molar-refractivity contribution in [3.8, 4) is 0 Å². The monoisotopic (exact) mass is 453 g/mol. The maximum absolute atomic E-state index is 12.9. The molecule has 31 heavy (non-hydrogen) atoms. The van der Waals surface area contributed by atoms with Crippen molar-refractivity contribution >= 4 is 46.4 Å². The van der Waals surface area contributed by atoms with E-state index in [4.69, 9.17) is 23.2 Å². The first kappa shape index (κ1) is 22.5. The SMILES string of the molecule is C/C(CC(=O)Nc1ccc(Cl)c(Cl)c1)=N\NC(=O)C(c1ccccc1)c1ccccc1. The fourth-order valence-electron chi connectivity index (χ4n) is 3.05. The highest BCUT2D eigenvalue weighted by Gasteiger charge is 2.22. The third-order valence-electron chi connectivity index (χ3n) is 4.50. The van der Waals surface area contributed by atoms with Crippen LogP contribution in [-0.2, 0) is 9.59 Å². The van der Waals surface area contributed by atoms with E-state index < -0.39 is 5.92 Å². The van der Waals surface area contributed by atoms with Crippen LogP contribution in [0.15, 0.2) is 84.0 Å². The molecule has 0 saturated carbocycles. The molecule has 0 aliphatic carbocycles. The fraction of sp³-hybridized carbons (Fsp3) is 0.125. The molecule has 158 valence electrons. The molecule has 0 aliphatic rings. The normalized spacial score (nSPS) is 11.3. The maximum Gasteiger partial charge on any atom is 0.252 e. The highest BCUT2D eigenvalue weighted by Crippen LogP contribution is 2.26. The van der Waals surface area contributed by atoms with Crippen molar-refractivity contribution < 1.29 is 9.59 Å². The Balaban J connectivity index is 1.66. The molecule has 2 amide bonds. The van der Waals surface area contributed by atoms with Gasteiger partial charge in [-0.1, -0.05) is 83.9 Å². The Bertz CT molecular complexity index is 1050. The number of amides is 2. The number of benzene rings is 3. The summed E-state index contributed by atoms with van der Waals surface area (Å²) >= 11 is 11.8. The zero-order chi connectivity index (χ0) is 22.2. The average Bonchev–Trinajstić information content (AvgIpc) is 2.76. The van der Waals surface area contributed by atoms with E-state index in [1.54, 1.807) is 25.1 Å². The third-order valence-corrected chi connectivity index (χ3v) is 5.24. The summed E-state index contributed by atoms with van der Waals surface area (Å²) in [5.74, 6) is -1.07. The Morgan fingerprint density at radius 3 is 2.00 bits per heavy atom. The topological polar surface area (TPSA) is 70.6 Å². The molecule has 0 aliphatic heterocycles. The maximum atomic E-state index is 12.9. The highest BCUT2D eigenvalue weighted by molar-refractivity contribution is 6.42. The molecule has 0 radical (unpaired) electrons. The highest BCUT2D eigenvalue weighted by atomic mass is 35.5. The molecule has 2 N–H and O–H groups in total. The first-order valence-electron chi connectivity index (χ1n) is 9.62. The molecule has 0 heterocycles. The molecule has 7 heteroatoms. The first-order chi connectivity index (χ1) is 14.9. The Kier molecular flexibility index (Phi) is 7.82. The number of nitrogens with one attached hydrogen (secondary N) is 2. The van der Waals surface area contributed by atoms with Gasteiger partial charge in [0.25, 0.3) is 5.91 Å². The van der Waals surface area contributed by atoms with E-state index in [9.17, 15) is 9.59 Å². The van der Waals surface area contributed by atoms with Gasteiger partial charge in [0.05, 0.1) is 22.4 Å². The van der Waals surface area contributed by atoms with Crippen LogP contribution in [0, 0.1) is 0 Å². The van der Waals surface area contributed by atoms with Crippen LogP contribution in [0.3, 0.4) is 0 Å². The standard InChI is InChI=1S/C24H21Cl2N3O2/c1-16(14-22(30)27-19-12-13-20(25)21(26)15-19)28-29-24(31)23(17-8-4-2-5-9-17)18-10-6-3-7-11-18/h2-13,15,23H,14H2,1H3,(H,27,30)(H,29,31)/b28-16+. The van der Waals surface area contributed by atoms with E-state index in [1.165, 1.54) is 0 Å². The van der Waals surface area contributed by atoms with Gasteiger partial charge in [-0.3, -0.25) is 9.59 Å². The van der Waals surface area contributed by atoms with Crippen LogP contribution in [0.4, 0.5) is 5.69 Å². The smallest absolute Gasteiger partial charge is 0.252 e. The molecule has 0 fully saturated rings. The van der Waals surface area contributed by atoms with E-state index in [0.717, 1.165) is 11.1 Å². The second kappa shape index (κ2) is 10.8. The van der Waals surface area contributed by atoms with Crippen molar-refractivity contribution in [2.24, 2.45) is 5.10 Å². The van der Waals surface area contributed by atoms with Crippen molar-refractivity contribution in [1.82, 2.24) is 5.43 Å². The zero-order valence-corrected chi connectivity index (χ0v) is 18.3. The Labute approximate surface area is 191 Å². The van der Waals surface area contributed by atoms with Crippen molar-refractivity contribution in [1.29, 1.82) is 0 Å². The number of carbonyl (C=O) groups is 2. The first-order valence-corrected chi connectivity index (χ1v) is 10.4. The van der Waals surface area contributed by atoms with Crippen LogP contribution in [-0.4, -0.2) is 17.5 Å². The number of hydrogen-bond donors (Lipinski definition) is 2. The number of nitrogens with zero attached hydrogens (tertiary/aromatic N) is 1. The predicted octanol–water partition coefficient (Wildman–Crippen LogP) is 5.65. The number of rotatable bonds is 7. The minimum Gasteiger partial charge on any atom is -0.326 e. The zero-order valence-electron chi connectivity index (χ0n) is 16.8. The van der Waals surface area contributed by atoms with Crippen molar-refractivity contribution in [2.45, 2.75) is 19.3 Å². The third kappa shape index (κ3) is 6.41. The number of hydrogen-bond acceptors (Lipinski definition) is 3. The minimum absolute atomic E-state index is 0.0157. The van der Waals surface area contributed by atoms with E-state index in [1.807, 2.05) is 60.7 Å². The lowest BCUT2D eigenvalue weighted by atomic mass is 9.91. The summed E-state index contributed by atoms with van der Waals surface area (Å²) in [4.78, 5) is 25.2. The van der Waals surface area contributed by atoms with E-state index in [0.29, 0.717) is 21.4 Å². The molecule has 0 atom stereocenters. The Hall–Kier alpha value is -3.15. The van der Waals surface area contributed by atoms with Gasteiger partial charge in [0.15, 0.2) is 0 Å². The quantitative estimate of drug-likeness (QED) is 0.358. The minimum atomic E-state index is -0.510. The molecule has 3 aromatic carbocycles. The molecule has 0 bridgehead atoms. The summed E-state index contributed by atoms with van der Waals surface area (Å²) in [6.45, 7) is 1.68. The molecule has 0 unspecified atom stereocenters. The Morgan fingerprint density at radius 2 is 1.45 bits per heavy atom.